The molecule has 0 fully saturated rings. The van der Waals surface area contributed by atoms with E-state index in [0.29, 0.717) is 5.58 Å². The number of esters is 1. The summed E-state index contributed by atoms with van der Waals surface area (Å²) in [7, 11) is 0. The molecule has 0 bridgehead atoms. The van der Waals surface area contributed by atoms with Gasteiger partial charge < -0.3 is 9.15 Å². The number of para-hydroxylation sites is 2. The normalized spacial score (nSPS) is 11.6. The highest BCUT2D eigenvalue weighted by Gasteiger charge is 2.34. The molecule has 0 aliphatic rings. The summed E-state index contributed by atoms with van der Waals surface area (Å²) in [5.41, 5.74) is -0.408. The lowest BCUT2D eigenvalue weighted by atomic mass is 10.1. The van der Waals surface area contributed by atoms with E-state index < -0.39 is 23.5 Å². The van der Waals surface area contributed by atoms with Crippen LogP contribution in [0.3, 0.4) is 0 Å². The van der Waals surface area contributed by atoms with Gasteiger partial charge in [-0.1, -0.05) is 18.2 Å². The maximum atomic E-state index is 12.9. The SMILES string of the molecule is O=C(Oc1ccccc1C(F)(F)F)c1cccc2ocnc12. The number of benzene rings is 2. The third kappa shape index (κ3) is 2.52. The molecule has 0 saturated heterocycles. The first kappa shape index (κ1) is 14.1. The minimum atomic E-state index is -4.61. The summed E-state index contributed by atoms with van der Waals surface area (Å²) in [6.45, 7) is 0. The van der Waals surface area contributed by atoms with Gasteiger partial charge in [-0.05, 0) is 24.3 Å². The lowest BCUT2D eigenvalue weighted by Gasteiger charge is -2.12. The first-order valence-corrected chi connectivity index (χ1v) is 6.17. The molecule has 3 aromatic rings. The number of aromatic nitrogens is 1. The predicted octanol–water partition coefficient (Wildman–Crippen LogP) is 4.07. The van der Waals surface area contributed by atoms with E-state index in [1.807, 2.05) is 0 Å². The van der Waals surface area contributed by atoms with Gasteiger partial charge in [-0.25, -0.2) is 9.78 Å². The molecule has 1 heterocycles. The van der Waals surface area contributed by atoms with Crippen LogP contribution in [0.1, 0.15) is 15.9 Å². The smallest absolute Gasteiger partial charge is 0.419 e. The monoisotopic (exact) mass is 307 g/mol. The molecule has 0 aliphatic carbocycles. The van der Waals surface area contributed by atoms with Gasteiger partial charge in [0, 0.05) is 0 Å². The third-order valence-electron chi connectivity index (χ3n) is 2.98. The zero-order valence-electron chi connectivity index (χ0n) is 10.9. The molecule has 0 saturated carbocycles. The standard InChI is InChI=1S/C15H8F3NO3/c16-15(17,18)10-5-1-2-6-11(10)22-14(20)9-4-3-7-12-13(9)19-8-21-12/h1-8H. The molecular weight excluding hydrogens is 299 g/mol. The number of oxazole rings is 1. The third-order valence-corrected chi connectivity index (χ3v) is 2.98. The molecule has 0 atom stereocenters. The summed E-state index contributed by atoms with van der Waals surface area (Å²) in [6, 6.07) is 9.03. The Kier molecular flexibility index (Phi) is 3.32. The van der Waals surface area contributed by atoms with Crippen LogP contribution in [-0.2, 0) is 6.18 Å². The van der Waals surface area contributed by atoms with Gasteiger partial charge in [-0.3, -0.25) is 0 Å². The topological polar surface area (TPSA) is 52.3 Å². The van der Waals surface area contributed by atoms with E-state index in [1.54, 1.807) is 6.07 Å². The predicted molar refractivity (Wildman–Crippen MR) is 70.4 cm³/mol. The molecule has 2 aromatic carbocycles. The van der Waals surface area contributed by atoms with Crippen LogP contribution in [0.25, 0.3) is 11.1 Å². The van der Waals surface area contributed by atoms with Crippen molar-refractivity contribution in [2.45, 2.75) is 6.18 Å². The number of fused-ring (bicyclic) bond motifs is 1. The van der Waals surface area contributed by atoms with Crippen molar-refractivity contribution >= 4 is 17.1 Å². The minimum absolute atomic E-state index is 0.0308. The highest BCUT2D eigenvalue weighted by Crippen LogP contribution is 2.36. The van der Waals surface area contributed by atoms with Crippen LogP contribution in [0.5, 0.6) is 5.75 Å². The van der Waals surface area contributed by atoms with Gasteiger partial charge in [0.25, 0.3) is 0 Å². The van der Waals surface area contributed by atoms with E-state index >= 15 is 0 Å². The van der Waals surface area contributed by atoms with Crippen LogP contribution in [0.4, 0.5) is 13.2 Å². The van der Waals surface area contributed by atoms with Crippen LogP contribution in [0, 0.1) is 0 Å². The Morgan fingerprint density at radius 2 is 1.86 bits per heavy atom. The van der Waals surface area contributed by atoms with E-state index in [9.17, 15) is 18.0 Å². The summed E-state index contributed by atoms with van der Waals surface area (Å²) in [6.07, 6.45) is -3.47. The molecule has 1 aromatic heterocycles. The molecule has 0 amide bonds. The Morgan fingerprint density at radius 1 is 1.09 bits per heavy atom. The molecule has 22 heavy (non-hydrogen) atoms. The molecule has 112 valence electrons. The van der Waals surface area contributed by atoms with Crippen molar-refractivity contribution in [1.82, 2.24) is 4.98 Å². The first-order chi connectivity index (χ1) is 10.5. The Balaban J connectivity index is 1.97. The van der Waals surface area contributed by atoms with Crippen LogP contribution >= 0.6 is 0 Å². The number of ether oxygens (including phenoxy) is 1. The Morgan fingerprint density at radius 3 is 2.64 bits per heavy atom. The maximum Gasteiger partial charge on any atom is 0.419 e. The zero-order chi connectivity index (χ0) is 15.7. The number of nitrogens with zero attached hydrogens (tertiary/aromatic N) is 1. The Bertz CT molecular complexity index is 839. The number of hydrogen-bond donors (Lipinski definition) is 0. The zero-order valence-corrected chi connectivity index (χ0v) is 10.9. The number of halogens is 3. The fourth-order valence-electron chi connectivity index (χ4n) is 2.00. The lowest BCUT2D eigenvalue weighted by molar-refractivity contribution is -0.138. The summed E-state index contributed by atoms with van der Waals surface area (Å²) in [5.74, 6) is -1.49. The van der Waals surface area contributed by atoms with E-state index in [-0.39, 0.29) is 11.1 Å². The Hall–Kier alpha value is -2.83. The molecule has 4 nitrogen and oxygen atoms in total. The van der Waals surface area contributed by atoms with Crippen molar-refractivity contribution in [2.24, 2.45) is 0 Å². The molecule has 0 unspecified atom stereocenters. The van der Waals surface area contributed by atoms with Crippen LogP contribution in [0.2, 0.25) is 0 Å². The molecule has 0 aliphatic heterocycles. The largest absolute Gasteiger partial charge is 0.443 e. The van der Waals surface area contributed by atoms with Crippen molar-refractivity contribution in [3.63, 3.8) is 0 Å². The van der Waals surface area contributed by atoms with E-state index in [0.717, 1.165) is 18.5 Å². The molecule has 7 heteroatoms. The second-order valence-corrected chi connectivity index (χ2v) is 4.39. The van der Waals surface area contributed by atoms with E-state index in [4.69, 9.17) is 9.15 Å². The fraction of sp³-hybridized carbons (Fsp3) is 0.0667. The van der Waals surface area contributed by atoms with Gasteiger partial charge in [0.1, 0.15) is 11.3 Å². The molecular formula is C15H8F3NO3. The first-order valence-electron chi connectivity index (χ1n) is 6.17. The quantitative estimate of drug-likeness (QED) is 0.529. The van der Waals surface area contributed by atoms with Crippen molar-refractivity contribution in [3.8, 4) is 5.75 Å². The highest BCUT2D eigenvalue weighted by atomic mass is 19.4. The number of alkyl halides is 3. The summed E-state index contributed by atoms with van der Waals surface area (Å²) in [4.78, 5) is 16.0. The number of rotatable bonds is 2. The van der Waals surface area contributed by atoms with Crippen molar-refractivity contribution in [3.05, 3.63) is 60.0 Å². The van der Waals surface area contributed by atoms with Crippen molar-refractivity contribution < 1.29 is 27.1 Å². The van der Waals surface area contributed by atoms with Crippen molar-refractivity contribution in [2.75, 3.05) is 0 Å². The van der Waals surface area contributed by atoms with Gasteiger partial charge in [-0.15, -0.1) is 0 Å². The van der Waals surface area contributed by atoms with Gasteiger partial charge >= 0.3 is 12.1 Å². The van der Waals surface area contributed by atoms with Gasteiger partial charge in [-0.2, -0.15) is 13.2 Å². The minimum Gasteiger partial charge on any atom is -0.443 e. The van der Waals surface area contributed by atoms with Crippen LogP contribution in [0.15, 0.2) is 53.3 Å². The molecule has 0 spiro atoms. The molecule has 0 radical (unpaired) electrons. The van der Waals surface area contributed by atoms with Crippen LogP contribution < -0.4 is 4.74 Å². The number of hydrogen-bond acceptors (Lipinski definition) is 4. The second kappa shape index (κ2) is 5.18. The average molecular weight is 307 g/mol. The molecule has 0 N–H and O–H groups in total. The summed E-state index contributed by atoms with van der Waals surface area (Å²) in [5, 5.41) is 0. The average Bonchev–Trinajstić information content (AvgIpc) is 2.94. The van der Waals surface area contributed by atoms with Gasteiger partial charge in [0.15, 0.2) is 12.0 Å². The highest BCUT2D eigenvalue weighted by molar-refractivity contribution is 6.02. The van der Waals surface area contributed by atoms with Gasteiger partial charge in [0.2, 0.25) is 0 Å². The maximum absolute atomic E-state index is 12.9. The van der Waals surface area contributed by atoms with Crippen molar-refractivity contribution in [1.29, 1.82) is 0 Å². The summed E-state index contributed by atoms with van der Waals surface area (Å²) >= 11 is 0. The fourth-order valence-corrected chi connectivity index (χ4v) is 2.00. The summed E-state index contributed by atoms with van der Waals surface area (Å²) < 4.78 is 48.6. The number of carbonyl (C=O) groups excluding carboxylic acids is 1. The second-order valence-electron chi connectivity index (χ2n) is 4.39. The lowest BCUT2D eigenvalue weighted by Crippen LogP contribution is -2.14. The molecule has 3 rings (SSSR count). The Labute approximate surface area is 122 Å². The number of carbonyl (C=O) groups is 1. The van der Waals surface area contributed by atoms with E-state index in [1.165, 1.54) is 24.3 Å². The van der Waals surface area contributed by atoms with E-state index in [2.05, 4.69) is 4.98 Å². The van der Waals surface area contributed by atoms with Gasteiger partial charge in [0.05, 0.1) is 11.1 Å². The van der Waals surface area contributed by atoms with Crippen LogP contribution in [-0.4, -0.2) is 11.0 Å².